The van der Waals surface area contributed by atoms with Crippen LogP contribution in [0, 0.1) is 0 Å². The SMILES string of the molecule is CN1CCC(N(C)C(=O)Nc2cc(Oc3ccc(N)cc3)ccn2)CC1.NC(N)=O. The van der Waals surface area contributed by atoms with Crippen molar-refractivity contribution in [2.45, 2.75) is 18.9 Å². The summed E-state index contributed by atoms with van der Waals surface area (Å²) in [5.74, 6) is 1.73. The van der Waals surface area contributed by atoms with Gasteiger partial charge >= 0.3 is 12.1 Å². The number of anilines is 2. The van der Waals surface area contributed by atoms with E-state index in [1.165, 1.54) is 0 Å². The van der Waals surface area contributed by atoms with Crippen molar-refractivity contribution in [1.82, 2.24) is 14.8 Å². The quantitative estimate of drug-likeness (QED) is 0.561. The molecular formula is C20H29N7O3. The maximum Gasteiger partial charge on any atom is 0.323 e. The monoisotopic (exact) mass is 415 g/mol. The summed E-state index contributed by atoms with van der Waals surface area (Å²) in [6.07, 6.45) is 3.57. The number of carbonyl (C=O) groups is 2. The van der Waals surface area contributed by atoms with Crippen LogP contribution in [0.4, 0.5) is 21.1 Å². The lowest BCUT2D eigenvalue weighted by atomic mass is 10.0. The number of nitrogens with two attached hydrogens (primary N) is 3. The fourth-order valence-electron chi connectivity index (χ4n) is 2.96. The number of amides is 4. The van der Waals surface area contributed by atoms with Crippen molar-refractivity contribution in [3.63, 3.8) is 0 Å². The van der Waals surface area contributed by atoms with Crippen molar-refractivity contribution in [2.75, 3.05) is 38.2 Å². The molecule has 1 fully saturated rings. The van der Waals surface area contributed by atoms with Crippen LogP contribution in [-0.2, 0) is 0 Å². The molecule has 3 rings (SSSR count). The van der Waals surface area contributed by atoms with E-state index in [4.69, 9.17) is 15.3 Å². The Morgan fingerprint density at radius 1 is 1.13 bits per heavy atom. The molecular weight excluding hydrogens is 386 g/mol. The first kappa shape index (κ1) is 22.8. The average molecular weight is 415 g/mol. The van der Waals surface area contributed by atoms with Crippen molar-refractivity contribution in [3.05, 3.63) is 42.6 Å². The number of urea groups is 2. The normalized spacial score (nSPS) is 14.2. The Morgan fingerprint density at radius 2 is 1.73 bits per heavy atom. The van der Waals surface area contributed by atoms with Gasteiger partial charge in [-0.15, -0.1) is 0 Å². The number of likely N-dealkylation sites (tertiary alicyclic amines) is 1. The lowest BCUT2D eigenvalue weighted by Crippen LogP contribution is -2.46. The van der Waals surface area contributed by atoms with Crippen molar-refractivity contribution in [2.24, 2.45) is 11.5 Å². The summed E-state index contributed by atoms with van der Waals surface area (Å²) in [6, 6.07) is 9.84. The number of nitrogens with zero attached hydrogens (tertiary/aromatic N) is 3. The molecule has 1 aromatic carbocycles. The minimum absolute atomic E-state index is 0.156. The molecule has 0 spiro atoms. The van der Waals surface area contributed by atoms with Crippen LogP contribution in [0.3, 0.4) is 0 Å². The minimum atomic E-state index is -0.833. The number of aromatic nitrogens is 1. The maximum absolute atomic E-state index is 12.5. The van der Waals surface area contributed by atoms with E-state index in [2.05, 4.69) is 33.7 Å². The number of nitrogens with one attached hydrogen (secondary N) is 1. The lowest BCUT2D eigenvalue weighted by molar-refractivity contribution is 0.156. The molecule has 2 heterocycles. The fourth-order valence-corrected chi connectivity index (χ4v) is 2.96. The first-order valence-corrected chi connectivity index (χ1v) is 9.51. The van der Waals surface area contributed by atoms with Crippen LogP contribution in [0.1, 0.15) is 12.8 Å². The predicted octanol–water partition coefficient (Wildman–Crippen LogP) is 2.04. The molecule has 7 N–H and O–H groups in total. The molecule has 10 heteroatoms. The van der Waals surface area contributed by atoms with Gasteiger partial charge in [0.25, 0.3) is 0 Å². The second-order valence-corrected chi connectivity index (χ2v) is 7.03. The van der Waals surface area contributed by atoms with E-state index < -0.39 is 6.03 Å². The molecule has 0 bridgehead atoms. The van der Waals surface area contributed by atoms with Crippen molar-refractivity contribution in [1.29, 1.82) is 0 Å². The highest BCUT2D eigenvalue weighted by molar-refractivity contribution is 5.88. The van der Waals surface area contributed by atoms with Gasteiger partial charge in [0.15, 0.2) is 0 Å². The third kappa shape index (κ3) is 7.47. The van der Waals surface area contributed by atoms with Crippen LogP contribution in [0.15, 0.2) is 42.6 Å². The van der Waals surface area contributed by atoms with E-state index in [1.807, 2.05) is 7.05 Å². The van der Waals surface area contributed by atoms with Crippen LogP contribution in [0.2, 0.25) is 0 Å². The van der Waals surface area contributed by atoms with Gasteiger partial charge in [-0.25, -0.2) is 14.6 Å². The van der Waals surface area contributed by atoms with Gasteiger partial charge in [0.1, 0.15) is 17.3 Å². The fraction of sp³-hybridized carbons (Fsp3) is 0.350. The van der Waals surface area contributed by atoms with Gasteiger partial charge < -0.3 is 31.7 Å². The molecule has 1 aromatic heterocycles. The second kappa shape index (κ2) is 10.9. The van der Waals surface area contributed by atoms with E-state index in [0.29, 0.717) is 23.0 Å². The lowest BCUT2D eigenvalue weighted by Gasteiger charge is -2.34. The number of pyridine rings is 1. The molecule has 0 radical (unpaired) electrons. The first-order chi connectivity index (χ1) is 14.2. The largest absolute Gasteiger partial charge is 0.457 e. The predicted molar refractivity (Wildman–Crippen MR) is 116 cm³/mol. The number of hydrogen-bond donors (Lipinski definition) is 4. The molecule has 2 aromatic rings. The molecule has 10 nitrogen and oxygen atoms in total. The summed E-state index contributed by atoms with van der Waals surface area (Å²) in [6.45, 7) is 2.01. The summed E-state index contributed by atoms with van der Waals surface area (Å²) in [5, 5.41) is 2.85. The molecule has 1 saturated heterocycles. The maximum atomic E-state index is 12.5. The summed E-state index contributed by atoms with van der Waals surface area (Å²) >= 11 is 0. The second-order valence-electron chi connectivity index (χ2n) is 7.03. The van der Waals surface area contributed by atoms with Crippen molar-refractivity contribution in [3.8, 4) is 11.5 Å². The van der Waals surface area contributed by atoms with E-state index in [-0.39, 0.29) is 12.1 Å². The molecule has 0 atom stereocenters. The van der Waals surface area contributed by atoms with E-state index in [0.717, 1.165) is 25.9 Å². The number of primary amides is 2. The molecule has 1 aliphatic rings. The Balaban J connectivity index is 0.000000735. The topological polar surface area (TPSA) is 153 Å². The van der Waals surface area contributed by atoms with Crippen molar-refractivity contribution < 1.29 is 14.3 Å². The Kier molecular flexibility index (Phi) is 8.24. The first-order valence-electron chi connectivity index (χ1n) is 9.51. The zero-order valence-electron chi connectivity index (χ0n) is 17.2. The third-order valence-electron chi connectivity index (χ3n) is 4.64. The highest BCUT2D eigenvalue weighted by Crippen LogP contribution is 2.24. The highest BCUT2D eigenvalue weighted by atomic mass is 16.5. The Labute approximate surface area is 176 Å². The number of nitrogen functional groups attached to an aromatic ring is 1. The summed E-state index contributed by atoms with van der Waals surface area (Å²) in [4.78, 5) is 29.8. The number of piperidine rings is 1. The molecule has 1 aliphatic heterocycles. The van der Waals surface area contributed by atoms with Gasteiger partial charge in [0.2, 0.25) is 0 Å². The Bertz CT molecular complexity index is 833. The zero-order chi connectivity index (χ0) is 22.1. The summed E-state index contributed by atoms with van der Waals surface area (Å²) in [7, 11) is 3.94. The smallest absolute Gasteiger partial charge is 0.323 e. The van der Waals surface area contributed by atoms with Gasteiger partial charge in [-0.1, -0.05) is 0 Å². The summed E-state index contributed by atoms with van der Waals surface area (Å²) < 4.78 is 5.78. The van der Waals surface area contributed by atoms with Crippen LogP contribution in [-0.4, -0.2) is 60.1 Å². The average Bonchev–Trinajstić information content (AvgIpc) is 2.70. The van der Waals surface area contributed by atoms with E-state index in [9.17, 15) is 4.79 Å². The molecule has 0 saturated carbocycles. The highest BCUT2D eigenvalue weighted by Gasteiger charge is 2.24. The van der Waals surface area contributed by atoms with Crippen LogP contribution in [0.25, 0.3) is 0 Å². The van der Waals surface area contributed by atoms with E-state index in [1.54, 1.807) is 47.5 Å². The number of carbonyl (C=O) groups excluding carboxylic acids is 2. The zero-order valence-corrected chi connectivity index (χ0v) is 17.2. The number of ether oxygens (including phenoxy) is 1. The van der Waals surface area contributed by atoms with Crippen LogP contribution in [0.5, 0.6) is 11.5 Å². The van der Waals surface area contributed by atoms with E-state index >= 15 is 0 Å². The van der Waals surface area contributed by atoms with Crippen molar-refractivity contribution >= 4 is 23.6 Å². The minimum Gasteiger partial charge on any atom is -0.457 e. The van der Waals surface area contributed by atoms with Crippen LogP contribution < -0.4 is 27.3 Å². The number of benzene rings is 1. The van der Waals surface area contributed by atoms with Gasteiger partial charge in [-0.3, -0.25) is 5.32 Å². The standard InChI is InChI=1S/C19H25N5O2.CH4N2O/c1-23-11-8-15(9-12-23)24(2)19(25)22-18-13-17(7-10-21-18)26-16-5-3-14(20)4-6-16;2-1(3)4/h3-7,10,13,15H,8-9,11-12,20H2,1-2H3,(H,21,22,25);(H4,2,3,4). The van der Waals surface area contributed by atoms with Gasteiger partial charge in [-0.2, -0.15) is 0 Å². The van der Waals surface area contributed by atoms with Crippen LogP contribution >= 0.6 is 0 Å². The molecule has 0 unspecified atom stereocenters. The Hall–Kier alpha value is -3.53. The molecule has 0 aliphatic carbocycles. The molecule has 162 valence electrons. The number of hydrogen-bond acceptors (Lipinski definition) is 6. The Morgan fingerprint density at radius 3 is 2.33 bits per heavy atom. The van der Waals surface area contributed by atoms with Gasteiger partial charge in [0, 0.05) is 31.0 Å². The molecule has 4 amide bonds. The summed E-state index contributed by atoms with van der Waals surface area (Å²) in [5.41, 5.74) is 14.9. The number of rotatable bonds is 4. The molecule has 30 heavy (non-hydrogen) atoms. The third-order valence-corrected chi connectivity index (χ3v) is 4.64. The van der Waals surface area contributed by atoms with Gasteiger partial charge in [0.05, 0.1) is 0 Å². The van der Waals surface area contributed by atoms with Gasteiger partial charge in [-0.05, 0) is 63.3 Å².